The maximum Gasteiger partial charge on any atom is 0.223 e. The van der Waals surface area contributed by atoms with Gasteiger partial charge in [0.15, 0.2) is 0 Å². The predicted molar refractivity (Wildman–Crippen MR) is 84.7 cm³/mol. The van der Waals surface area contributed by atoms with Gasteiger partial charge in [-0.05, 0) is 38.1 Å². The first kappa shape index (κ1) is 18.7. The van der Waals surface area contributed by atoms with E-state index in [4.69, 9.17) is 5.73 Å². The molecule has 1 aliphatic carbocycles. The number of amides is 1. The van der Waals surface area contributed by atoms with Crippen LogP contribution in [0.5, 0.6) is 0 Å². The number of halogens is 1. The number of carbonyl (C=O) groups is 1. The molecule has 3 N–H and O–H groups in total. The molecule has 0 aromatic heterocycles. The molecule has 0 radical (unpaired) electrons. The summed E-state index contributed by atoms with van der Waals surface area (Å²) in [4.78, 5) is 12.3. The third-order valence-corrected chi connectivity index (χ3v) is 5.87. The van der Waals surface area contributed by atoms with Crippen LogP contribution in [0, 0.1) is 11.8 Å². The first-order valence-corrected chi connectivity index (χ1v) is 9.22. The highest BCUT2D eigenvalue weighted by Crippen LogP contribution is 2.31. The second-order valence-corrected chi connectivity index (χ2v) is 7.96. The fourth-order valence-electron chi connectivity index (χ4n) is 3.30. The quantitative estimate of drug-likeness (QED) is 0.771. The minimum absolute atomic E-state index is 0. The Morgan fingerprint density at radius 3 is 2.38 bits per heavy atom. The van der Waals surface area contributed by atoms with E-state index >= 15 is 0 Å². The summed E-state index contributed by atoms with van der Waals surface area (Å²) in [5.41, 5.74) is 5.71. The average Bonchev–Trinajstić information content (AvgIpc) is 2.86. The standard InChI is InChI=1S/C13H25N3O3S.ClH/c1-20(18,19)16-7-5-11(6-8-16)15-13(17)12-4-2-3-10(12)9-14;/h10-12H,2-9,14H2,1H3,(H,15,17);1H/t10-,12-;/m1./s1. The van der Waals surface area contributed by atoms with Crippen molar-refractivity contribution in [3.63, 3.8) is 0 Å². The number of nitrogens with one attached hydrogen (secondary N) is 1. The monoisotopic (exact) mass is 339 g/mol. The Morgan fingerprint density at radius 2 is 1.86 bits per heavy atom. The van der Waals surface area contributed by atoms with E-state index in [9.17, 15) is 13.2 Å². The van der Waals surface area contributed by atoms with Gasteiger partial charge in [-0.25, -0.2) is 12.7 Å². The van der Waals surface area contributed by atoms with Gasteiger partial charge in [-0.1, -0.05) is 6.42 Å². The highest BCUT2D eigenvalue weighted by atomic mass is 35.5. The van der Waals surface area contributed by atoms with E-state index in [0.29, 0.717) is 38.4 Å². The number of piperidine rings is 1. The van der Waals surface area contributed by atoms with Crippen molar-refractivity contribution in [1.82, 2.24) is 9.62 Å². The predicted octanol–water partition coefficient (Wildman–Crippen LogP) is 0.323. The lowest BCUT2D eigenvalue weighted by Crippen LogP contribution is -2.48. The molecule has 8 heteroatoms. The summed E-state index contributed by atoms with van der Waals surface area (Å²) in [5, 5.41) is 3.08. The Kier molecular flexibility index (Phi) is 6.90. The zero-order valence-electron chi connectivity index (χ0n) is 12.5. The molecule has 1 heterocycles. The largest absolute Gasteiger partial charge is 0.353 e. The molecule has 1 amide bonds. The molecule has 1 saturated heterocycles. The second-order valence-electron chi connectivity index (χ2n) is 5.98. The van der Waals surface area contributed by atoms with Crippen molar-refractivity contribution in [3.05, 3.63) is 0 Å². The lowest BCUT2D eigenvalue weighted by Gasteiger charge is -2.31. The van der Waals surface area contributed by atoms with Gasteiger partial charge in [0.05, 0.1) is 6.26 Å². The minimum Gasteiger partial charge on any atom is -0.353 e. The number of carbonyl (C=O) groups excluding carboxylic acids is 1. The average molecular weight is 340 g/mol. The number of nitrogens with two attached hydrogens (primary N) is 1. The van der Waals surface area contributed by atoms with Crippen LogP contribution < -0.4 is 11.1 Å². The van der Waals surface area contributed by atoms with Gasteiger partial charge in [0.1, 0.15) is 0 Å². The molecule has 0 bridgehead atoms. The molecule has 0 aromatic carbocycles. The molecule has 2 aliphatic rings. The summed E-state index contributed by atoms with van der Waals surface area (Å²) in [5.74, 6) is 0.467. The lowest BCUT2D eigenvalue weighted by atomic mass is 9.94. The number of nitrogens with zero attached hydrogens (tertiary/aromatic N) is 1. The number of hydrogen-bond acceptors (Lipinski definition) is 4. The van der Waals surface area contributed by atoms with Crippen molar-refractivity contribution in [2.24, 2.45) is 17.6 Å². The zero-order valence-corrected chi connectivity index (χ0v) is 14.1. The Labute approximate surface area is 133 Å². The van der Waals surface area contributed by atoms with E-state index in [1.807, 2.05) is 0 Å². The topological polar surface area (TPSA) is 92.5 Å². The van der Waals surface area contributed by atoms with Crippen molar-refractivity contribution < 1.29 is 13.2 Å². The van der Waals surface area contributed by atoms with Crippen LogP contribution in [-0.2, 0) is 14.8 Å². The molecular formula is C13H26ClN3O3S. The Balaban J connectivity index is 0.00000220. The van der Waals surface area contributed by atoms with E-state index < -0.39 is 10.0 Å². The maximum absolute atomic E-state index is 12.3. The zero-order chi connectivity index (χ0) is 14.8. The van der Waals surface area contributed by atoms with Gasteiger partial charge in [-0.3, -0.25) is 4.79 Å². The third kappa shape index (κ3) is 4.81. The fourth-order valence-corrected chi connectivity index (χ4v) is 4.18. The molecule has 1 aliphatic heterocycles. The van der Waals surface area contributed by atoms with Crippen LogP contribution in [0.1, 0.15) is 32.1 Å². The molecule has 2 fully saturated rings. The normalized spacial score (nSPS) is 28.1. The summed E-state index contributed by atoms with van der Waals surface area (Å²) < 4.78 is 24.3. The van der Waals surface area contributed by atoms with E-state index in [0.717, 1.165) is 19.3 Å². The van der Waals surface area contributed by atoms with Crippen LogP contribution in [0.2, 0.25) is 0 Å². The highest BCUT2D eigenvalue weighted by molar-refractivity contribution is 7.88. The molecule has 1 saturated carbocycles. The lowest BCUT2D eigenvalue weighted by molar-refractivity contribution is -0.126. The summed E-state index contributed by atoms with van der Waals surface area (Å²) in [6.07, 6.45) is 5.66. The summed E-state index contributed by atoms with van der Waals surface area (Å²) in [7, 11) is -3.10. The van der Waals surface area contributed by atoms with Crippen LogP contribution >= 0.6 is 12.4 Å². The SMILES string of the molecule is CS(=O)(=O)N1CCC(NC(=O)[C@@H]2CCC[C@@H]2CN)CC1.Cl. The van der Waals surface area contributed by atoms with E-state index in [2.05, 4.69) is 5.32 Å². The molecule has 2 rings (SSSR count). The van der Waals surface area contributed by atoms with Gasteiger partial charge in [-0.15, -0.1) is 12.4 Å². The highest BCUT2D eigenvalue weighted by Gasteiger charge is 2.34. The van der Waals surface area contributed by atoms with Crippen LogP contribution in [0.3, 0.4) is 0 Å². The summed E-state index contributed by atoms with van der Waals surface area (Å²) in [6, 6.07) is 0.0968. The first-order chi connectivity index (χ1) is 9.41. The van der Waals surface area contributed by atoms with E-state index in [1.54, 1.807) is 0 Å². The first-order valence-electron chi connectivity index (χ1n) is 7.37. The van der Waals surface area contributed by atoms with Crippen LogP contribution in [0.4, 0.5) is 0 Å². The molecular weight excluding hydrogens is 314 g/mol. The second kappa shape index (κ2) is 7.76. The van der Waals surface area contributed by atoms with E-state index in [1.165, 1.54) is 10.6 Å². The van der Waals surface area contributed by atoms with Crippen molar-refractivity contribution >= 4 is 28.3 Å². The van der Waals surface area contributed by atoms with Gasteiger partial charge in [-0.2, -0.15) is 0 Å². The molecule has 21 heavy (non-hydrogen) atoms. The van der Waals surface area contributed by atoms with Crippen LogP contribution in [0.15, 0.2) is 0 Å². The number of rotatable bonds is 4. The number of sulfonamides is 1. The van der Waals surface area contributed by atoms with E-state index in [-0.39, 0.29) is 30.3 Å². The van der Waals surface area contributed by atoms with Crippen molar-refractivity contribution in [1.29, 1.82) is 0 Å². The van der Waals surface area contributed by atoms with Crippen molar-refractivity contribution in [3.8, 4) is 0 Å². The van der Waals surface area contributed by atoms with Gasteiger partial charge in [0.2, 0.25) is 15.9 Å². The summed E-state index contributed by atoms with van der Waals surface area (Å²) in [6.45, 7) is 1.56. The van der Waals surface area contributed by atoms with Gasteiger partial charge in [0, 0.05) is 25.0 Å². The molecule has 0 unspecified atom stereocenters. The number of hydrogen-bond donors (Lipinski definition) is 2. The summed E-state index contributed by atoms with van der Waals surface area (Å²) >= 11 is 0. The Hall–Kier alpha value is -0.370. The van der Waals surface area contributed by atoms with Crippen LogP contribution in [0.25, 0.3) is 0 Å². The third-order valence-electron chi connectivity index (χ3n) is 4.57. The van der Waals surface area contributed by atoms with Gasteiger partial charge < -0.3 is 11.1 Å². The Morgan fingerprint density at radius 1 is 1.24 bits per heavy atom. The van der Waals surface area contributed by atoms with Crippen molar-refractivity contribution in [2.75, 3.05) is 25.9 Å². The van der Waals surface area contributed by atoms with Gasteiger partial charge >= 0.3 is 0 Å². The molecule has 124 valence electrons. The maximum atomic E-state index is 12.3. The fraction of sp³-hybridized carbons (Fsp3) is 0.923. The molecule has 2 atom stereocenters. The van der Waals surface area contributed by atoms with Gasteiger partial charge in [0.25, 0.3) is 0 Å². The molecule has 6 nitrogen and oxygen atoms in total. The van der Waals surface area contributed by atoms with Crippen molar-refractivity contribution in [2.45, 2.75) is 38.1 Å². The van der Waals surface area contributed by atoms with Crippen LogP contribution in [-0.4, -0.2) is 50.6 Å². The molecule has 0 aromatic rings. The Bertz CT molecular complexity index is 450. The smallest absolute Gasteiger partial charge is 0.223 e. The minimum atomic E-state index is -3.10. The molecule has 0 spiro atoms.